The molecule has 0 heterocycles. The number of allylic oxidation sites excluding steroid dienone is 2. The Bertz CT molecular complexity index is 1230. The van der Waals surface area contributed by atoms with Crippen molar-refractivity contribution < 1.29 is 33.4 Å². The van der Waals surface area contributed by atoms with Gasteiger partial charge in [0, 0.05) is 18.7 Å². The minimum absolute atomic E-state index is 0.0178. The molecular weight excluding hydrogens is 527 g/mol. The minimum Gasteiger partial charge on any atom is -0.496 e. The fourth-order valence-electron chi connectivity index (χ4n) is 7.41. The van der Waals surface area contributed by atoms with Crippen LogP contribution >= 0.6 is 0 Å². The Morgan fingerprint density at radius 2 is 1.83 bits per heavy atom. The average molecular weight is 571 g/mol. The number of carboxylic acid groups (broad SMARTS) is 1. The largest absolute Gasteiger partial charge is 0.496 e. The number of hydrogen-bond donors (Lipinski definition) is 3. The van der Waals surface area contributed by atoms with Crippen molar-refractivity contribution in [3.05, 3.63) is 35.2 Å². The number of methoxy groups -OCH3 is 1. The van der Waals surface area contributed by atoms with Crippen LogP contribution in [0.5, 0.6) is 11.5 Å². The summed E-state index contributed by atoms with van der Waals surface area (Å²) in [5.41, 5.74) is 0.759. The number of carbonyl (C=O) groups excluding carboxylic acids is 2. The molecule has 4 aliphatic rings. The van der Waals surface area contributed by atoms with E-state index in [9.17, 15) is 19.5 Å². The van der Waals surface area contributed by atoms with Crippen LogP contribution in [0, 0.1) is 34.4 Å². The highest BCUT2D eigenvalue weighted by molar-refractivity contribution is 5.98. The first-order chi connectivity index (χ1) is 19.5. The lowest BCUT2D eigenvalue weighted by molar-refractivity contribution is -0.150. The van der Waals surface area contributed by atoms with Crippen LogP contribution in [0.25, 0.3) is 0 Å². The third-order valence-electron chi connectivity index (χ3n) is 10.4. The summed E-state index contributed by atoms with van der Waals surface area (Å²) in [7, 11) is 1.38. The Balaban J connectivity index is 1.32. The zero-order chi connectivity index (χ0) is 29.5. The van der Waals surface area contributed by atoms with Gasteiger partial charge in [-0.2, -0.15) is 0 Å². The number of benzene rings is 1. The standard InChI is InChI=1S/C32H43FN2O6/c1-5-18-13-19-14-21(18)26(29(37)34-17-31(2)9-6-10-31)27(19)35-28(36)22-15-25(23(33)16-24(22)40-4)41-20-7-11-32(3,12-8-20)30(38)39/h5,15-16,19-21,26-27H,6-14,17H2,1-4H3,(H,34,37)(H,35,36)(H,38,39)/b18-5-/t19-,20?,21-,26-,27+,32?/m0/s1. The lowest BCUT2D eigenvalue weighted by Crippen LogP contribution is -2.52. The molecule has 4 atom stereocenters. The number of aliphatic carboxylic acids is 1. The molecule has 1 aromatic carbocycles. The zero-order valence-corrected chi connectivity index (χ0v) is 24.6. The number of rotatable bonds is 9. The van der Waals surface area contributed by atoms with E-state index in [0.29, 0.717) is 32.2 Å². The van der Waals surface area contributed by atoms with E-state index in [4.69, 9.17) is 9.47 Å². The Hall–Kier alpha value is -3.10. The van der Waals surface area contributed by atoms with Gasteiger partial charge in [0.2, 0.25) is 5.91 Å². The van der Waals surface area contributed by atoms with E-state index in [0.717, 1.165) is 31.7 Å². The maximum Gasteiger partial charge on any atom is 0.309 e. The summed E-state index contributed by atoms with van der Waals surface area (Å²) in [6, 6.07) is 2.18. The molecule has 0 spiro atoms. The Morgan fingerprint density at radius 1 is 1.12 bits per heavy atom. The second kappa shape index (κ2) is 11.3. The van der Waals surface area contributed by atoms with Crippen LogP contribution in [0.2, 0.25) is 0 Å². The maximum atomic E-state index is 15.0. The van der Waals surface area contributed by atoms with Gasteiger partial charge in [0.05, 0.1) is 30.1 Å². The predicted octanol–water partition coefficient (Wildman–Crippen LogP) is 5.25. The van der Waals surface area contributed by atoms with Crippen LogP contribution in [0.3, 0.4) is 0 Å². The average Bonchev–Trinajstić information content (AvgIpc) is 3.51. The molecule has 0 radical (unpaired) electrons. The number of hydrogen-bond acceptors (Lipinski definition) is 5. The molecule has 2 amide bonds. The van der Waals surface area contributed by atoms with Gasteiger partial charge in [-0.3, -0.25) is 14.4 Å². The van der Waals surface area contributed by atoms with Crippen LogP contribution < -0.4 is 20.1 Å². The van der Waals surface area contributed by atoms with E-state index < -0.39 is 23.1 Å². The number of amides is 2. The van der Waals surface area contributed by atoms with Crippen LogP contribution in [0.15, 0.2) is 23.8 Å². The first kappa shape index (κ1) is 29.4. The SMILES string of the molecule is C/C=C1/C[C@H]2C[C@@H]1[C@H](C(=O)NCC1(C)CCC1)[C@@H]2NC(=O)c1cc(OC2CCC(C)(C(=O)O)CC2)c(F)cc1OC. The highest BCUT2D eigenvalue weighted by Gasteiger charge is 2.53. The highest BCUT2D eigenvalue weighted by Crippen LogP contribution is 2.52. The number of halogens is 1. The molecule has 224 valence electrons. The molecule has 5 rings (SSSR count). The first-order valence-electron chi connectivity index (χ1n) is 15.0. The number of nitrogens with one attached hydrogen (secondary N) is 2. The summed E-state index contributed by atoms with van der Waals surface area (Å²) in [6.07, 6.45) is 8.68. The Kier molecular flexibility index (Phi) is 8.09. The van der Waals surface area contributed by atoms with Gasteiger partial charge in [-0.15, -0.1) is 0 Å². The summed E-state index contributed by atoms with van der Waals surface area (Å²) in [5, 5.41) is 15.8. The Morgan fingerprint density at radius 3 is 2.41 bits per heavy atom. The van der Waals surface area contributed by atoms with E-state index in [1.165, 1.54) is 25.2 Å². The van der Waals surface area contributed by atoms with E-state index >= 15 is 4.39 Å². The van der Waals surface area contributed by atoms with Gasteiger partial charge >= 0.3 is 5.97 Å². The van der Waals surface area contributed by atoms with Crippen LogP contribution in [-0.2, 0) is 9.59 Å². The van der Waals surface area contributed by atoms with Crippen molar-refractivity contribution in [2.75, 3.05) is 13.7 Å². The smallest absolute Gasteiger partial charge is 0.309 e. The molecular formula is C32H43FN2O6. The van der Waals surface area contributed by atoms with Gasteiger partial charge in [0.1, 0.15) is 5.75 Å². The highest BCUT2D eigenvalue weighted by atomic mass is 19.1. The molecule has 0 unspecified atom stereocenters. The molecule has 2 bridgehead atoms. The molecule has 0 aromatic heterocycles. The van der Waals surface area contributed by atoms with E-state index in [1.54, 1.807) is 6.92 Å². The molecule has 1 aromatic rings. The van der Waals surface area contributed by atoms with Crippen molar-refractivity contribution in [1.29, 1.82) is 0 Å². The minimum atomic E-state index is -0.836. The van der Waals surface area contributed by atoms with Crippen LogP contribution in [-0.4, -0.2) is 48.7 Å². The number of fused-ring (bicyclic) bond motifs is 2. The normalized spacial score (nSPS) is 32.7. The van der Waals surface area contributed by atoms with Gasteiger partial charge in [-0.25, -0.2) is 4.39 Å². The molecule has 8 nitrogen and oxygen atoms in total. The summed E-state index contributed by atoms with van der Waals surface area (Å²) in [5.74, 6) is -2.02. The topological polar surface area (TPSA) is 114 Å². The predicted molar refractivity (Wildman–Crippen MR) is 151 cm³/mol. The number of carboxylic acids is 1. The second-order valence-electron chi connectivity index (χ2n) is 13.2. The van der Waals surface area contributed by atoms with Crippen molar-refractivity contribution in [2.24, 2.45) is 28.6 Å². The molecule has 0 saturated heterocycles. The van der Waals surface area contributed by atoms with E-state index in [1.807, 2.05) is 6.92 Å². The second-order valence-corrected chi connectivity index (χ2v) is 13.2. The summed E-state index contributed by atoms with van der Waals surface area (Å²) in [6.45, 7) is 6.57. The van der Waals surface area contributed by atoms with Crippen molar-refractivity contribution in [3.63, 3.8) is 0 Å². The zero-order valence-electron chi connectivity index (χ0n) is 24.6. The fourth-order valence-corrected chi connectivity index (χ4v) is 7.41. The monoisotopic (exact) mass is 570 g/mol. The summed E-state index contributed by atoms with van der Waals surface area (Å²) >= 11 is 0. The van der Waals surface area contributed by atoms with Crippen molar-refractivity contribution in [2.45, 2.75) is 90.7 Å². The van der Waals surface area contributed by atoms with Gasteiger partial charge < -0.3 is 25.2 Å². The van der Waals surface area contributed by atoms with Gasteiger partial charge in [0.25, 0.3) is 5.91 Å². The third-order valence-corrected chi connectivity index (χ3v) is 10.4. The fraction of sp³-hybridized carbons (Fsp3) is 0.656. The first-order valence-corrected chi connectivity index (χ1v) is 15.0. The van der Waals surface area contributed by atoms with Crippen molar-refractivity contribution in [1.82, 2.24) is 10.6 Å². The van der Waals surface area contributed by atoms with Crippen molar-refractivity contribution in [3.8, 4) is 11.5 Å². The quantitative estimate of drug-likeness (QED) is 0.350. The number of ether oxygens (including phenoxy) is 2. The van der Waals surface area contributed by atoms with Crippen LogP contribution in [0.1, 0.15) is 88.9 Å². The molecule has 4 aliphatic carbocycles. The van der Waals surface area contributed by atoms with Crippen molar-refractivity contribution >= 4 is 17.8 Å². The molecule has 4 saturated carbocycles. The van der Waals surface area contributed by atoms with Gasteiger partial charge in [-0.1, -0.05) is 25.0 Å². The van der Waals surface area contributed by atoms with Gasteiger partial charge in [0.15, 0.2) is 11.6 Å². The van der Waals surface area contributed by atoms with E-state index in [2.05, 4.69) is 23.6 Å². The lowest BCUT2D eigenvalue weighted by atomic mass is 9.70. The third kappa shape index (κ3) is 5.69. The molecule has 41 heavy (non-hydrogen) atoms. The van der Waals surface area contributed by atoms with Crippen LogP contribution in [0.4, 0.5) is 4.39 Å². The molecule has 4 fully saturated rings. The lowest BCUT2D eigenvalue weighted by Gasteiger charge is -2.39. The maximum absolute atomic E-state index is 15.0. The molecule has 0 aliphatic heterocycles. The Labute approximate surface area is 241 Å². The van der Waals surface area contributed by atoms with Gasteiger partial charge in [-0.05, 0) is 88.5 Å². The van der Waals surface area contributed by atoms with E-state index in [-0.39, 0.29) is 58.3 Å². The molecule has 3 N–H and O–H groups in total. The summed E-state index contributed by atoms with van der Waals surface area (Å²) < 4.78 is 26.3. The molecule has 9 heteroatoms. The number of carbonyl (C=O) groups is 3. The summed E-state index contributed by atoms with van der Waals surface area (Å²) in [4.78, 5) is 38.8.